The highest BCUT2D eigenvalue weighted by molar-refractivity contribution is 5.98. The van der Waals surface area contributed by atoms with E-state index in [1.54, 1.807) is 0 Å². The van der Waals surface area contributed by atoms with E-state index in [1.807, 2.05) is 45.0 Å². The summed E-state index contributed by atoms with van der Waals surface area (Å²) < 4.78 is 11.0. The van der Waals surface area contributed by atoms with Gasteiger partial charge in [0.05, 0.1) is 6.10 Å². The highest BCUT2D eigenvalue weighted by Crippen LogP contribution is 2.24. The number of hydrogen-bond donors (Lipinski definition) is 1. The molecule has 2 aromatic rings. The van der Waals surface area contributed by atoms with Crippen molar-refractivity contribution >= 4 is 16.9 Å². The lowest BCUT2D eigenvalue weighted by molar-refractivity contribution is 0.0753. The molecule has 0 fully saturated rings. The molecular weight excluding hydrogens is 254 g/mol. The summed E-state index contributed by atoms with van der Waals surface area (Å²) in [4.78, 5) is 12.1. The molecule has 0 radical (unpaired) electrons. The minimum Gasteiger partial charge on any atom is -0.451 e. The lowest BCUT2D eigenvalue weighted by atomic mass is 10.1. The van der Waals surface area contributed by atoms with Crippen LogP contribution in [0.2, 0.25) is 0 Å². The first-order chi connectivity index (χ1) is 9.59. The van der Waals surface area contributed by atoms with E-state index in [2.05, 4.69) is 5.32 Å². The number of benzene rings is 1. The van der Waals surface area contributed by atoms with E-state index >= 15 is 0 Å². The summed E-state index contributed by atoms with van der Waals surface area (Å²) in [6.45, 7) is 7.13. The molecule has 1 aromatic heterocycles. The Morgan fingerprint density at radius 3 is 2.80 bits per heavy atom. The average Bonchev–Trinajstić information content (AvgIpc) is 2.76. The number of furan rings is 1. The van der Waals surface area contributed by atoms with Crippen LogP contribution < -0.4 is 5.32 Å². The van der Waals surface area contributed by atoms with Crippen molar-refractivity contribution in [2.45, 2.75) is 33.3 Å². The van der Waals surface area contributed by atoms with Crippen molar-refractivity contribution in [3.05, 3.63) is 35.6 Å². The van der Waals surface area contributed by atoms with Gasteiger partial charge < -0.3 is 14.5 Å². The van der Waals surface area contributed by atoms with E-state index in [0.29, 0.717) is 18.9 Å². The maximum absolute atomic E-state index is 12.1. The fourth-order valence-corrected chi connectivity index (χ4v) is 2.06. The smallest absolute Gasteiger partial charge is 0.287 e. The molecule has 20 heavy (non-hydrogen) atoms. The molecule has 2 rings (SSSR count). The second-order valence-electron chi connectivity index (χ2n) is 5.08. The van der Waals surface area contributed by atoms with Crippen molar-refractivity contribution in [1.82, 2.24) is 5.32 Å². The highest BCUT2D eigenvalue weighted by Gasteiger charge is 2.16. The lowest BCUT2D eigenvalue weighted by Gasteiger charge is -2.07. The van der Waals surface area contributed by atoms with Crippen LogP contribution in [-0.4, -0.2) is 25.2 Å². The predicted molar refractivity (Wildman–Crippen MR) is 79.0 cm³/mol. The number of hydrogen-bond acceptors (Lipinski definition) is 3. The van der Waals surface area contributed by atoms with Crippen LogP contribution in [0.4, 0.5) is 0 Å². The van der Waals surface area contributed by atoms with Crippen molar-refractivity contribution in [3.8, 4) is 0 Å². The third-order valence-corrected chi connectivity index (χ3v) is 3.11. The van der Waals surface area contributed by atoms with E-state index < -0.39 is 0 Å². The Morgan fingerprint density at radius 1 is 1.35 bits per heavy atom. The van der Waals surface area contributed by atoms with Gasteiger partial charge in [0.25, 0.3) is 5.91 Å². The summed E-state index contributed by atoms with van der Waals surface area (Å²) in [6, 6.07) is 7.67. The minimum absolute atomic E-state index is 0.164. The molecule has 4 nitrogen and oxygen atoms in total. The molecule has 0 bridgehead atoms. The Labute approximate surface area is 119 Å². The van der Waals surface area contributed by atoms with Gasteiger partial charge in [-0.05, 0) is 33.3 Å². The Morgan fingerprint density at radius 2 is 2.10 bits per heavy atom. The summed E-state index contributed by atoms with van der Waals surface area (Å²) in [5, 5.41) is 3.85. The fraction of sp³-hybridized carbons (Fsp3) is 0.438. The lowest BCUT2D eigenvalue weighted by Crippen LogP contribution is -2.25. The second-order valence-corrected chi connectivity index (χ2v) is 5.08. The average molecular weight is 275 g/mol. The maximum Gasteiger partial charge on any atom is 0.287 e. The van der Waals surface area contributed by atoms with E-state index in [4.69, 9.17) is 9.15 Å². The molecule has 0 saturated heterocycles. The van der Waals surface area contributed by atoms with E-state index in [1.165, 1.54) is 0 Å². The van der Waals surface area contributed by atoms with Gasteiger partial charge in [0.15, 0.2) is 5.76 Å². The van der Waals surface area contributed by atoms with Crippen molar-refractivity contribution in [2.75, 3.05) is 13.2 Å². The first kappa shape index (κ1) is 14.6. The van der Waals surface area contributed by atoms with Gasteiger partial charge in [-0.3, -0.25) is 4.79 Å². The Bertz CT molecular complexity index is 586. The molecule has 1 N–H and O–H groups in total. The van der Waals surface area contributed by atoms with Crippen molar-refractivity contribution in [1.29, 1.82) is 0 Å². The molecule has 0 atom stereocenters. The molecule has 0 aliphatic carbocycles. The molecule has 0 unspecified atom stereocenters. The van der Waals surface area contributed by atoms with Gasteiger partial charge in [-0.15, -0.1) is 0 Å². The molecule has 108 valence electrons. The van der Waals surface area contributed by atoms with Gasteiger partial charge in [-0.2, -0.15) is 0 Å². The minimum atomic E-state index is -0.164. The van der Waals surface area contributed by atoms with Crippen molar-refractivity contribution in [3.63, 3.8) is 0 Å². The molecular formula is C16H21NO3. The van der Waals surface area contributed by atoms with Gasteiger partial charge in [-0.1, -0.05) is 18.2 Å². The number of rotatable bonds is 6. The van der Waals surface area contributed by atoms with Crippen molar-refractivity contribution in [2.24, 2.45) is 0 Å². The van der Waals surface area contributed by atoms with Crippen molar-refractivity contribution < 1.29 is 13.9 Å². The molecule has 0 spiro atoms. The molecule has 1 aromatic carbocycles. The Balaban J connectivity index is 1.93. The number of para-hydroxylation sites is 1. The van der Waals surface area contributed by atoms with Crippen LogP contribution in [0.15, 0.2) is 28.7 Å². The van der Waals surface area contributed by atoms with Crippen LogP contribution in [0.25, 0.3) is 11.0 Å². The van der Waals surface area contributed by atoms with Gasteiger partial charge in [0, 0.05) is 24.1 Å². The fourth-order valence-electron chi connectivity index (χ4n) is 2.06. The van der Waals surface area contributed by atoms with E-state index in [9.17, 15) is 4.79 Å². The first-order valence-electron chi connectivity index (χ1n) is 6.97. The number of ether oxygens (including phenoxy) is 1. The predicted octanol–water partition coefficient (Wildman–Crippen LogP) is 3.29. The highest BCUT2D eigenvalue weighted by atomic mass is 16.5. The number of aryl methyl sites for hydroxylation is 1. The van der Waals surface area contributed by atoms with Crippen LogP contribution in [0.1, 0.15) is 36.4 Å². The van der Waals surface area contributed by atoms with Gasteiger partial charge in [0.1, 0.15) is 5.58 Å². The third-order valence-electron chi connectivity index (χ3n) is 3.11. The molecule has 1 heterocycles. The maximum atomic E-state index is 12.1. The normalized spacial score (nSPS) is 11.2. The van der Waals surface area contributed by atoms with Crippen LogP contribution in [0, 0.1) is 6.92 Å². The quantitative estimate of drug-likeness (QED) is 0.823. The van der Waals surface area contributed by atoms with Crippen LogP contribution in [0.3, 0.4) is 0 Å². The summed E-state index contributed by atoms with van der Waals surface area (Å²) in [5.74, 6) is 0.235. The topological polar surface area (TPSA) is 51.5 Å². The molecule has 0 saturated carbocycles. The van der Waals surface area contributed by atoms with Gasteiger partial charge >= 0.3 is 0 Å². The number of carbonyl (C=O) groups excluding carboxylic acids is 1. The molecule has 1 amide bonds. The summed E-state index contributed by atoms with van der Waals surface area (Å²) in [5.41, 5.74) is 1.63. The first-order valence-corrected chi connectivity index (χ1v) is 6.97. The standard InChI is InChI=1S/C16H21NO3/c1-11(2)19-10-6-9-17-16(18)15-12(3)13-7-4-5-8-14(13)20-15/h4-5,7-8,11H,6,9-10H2,1-3H3,(H,17,18). The van der Waals surface area contributed by atoms with Crippen LogP contribution >= 0.6 is 0 Å². The molecule has 0 aliphatic rings. The summed E-state index contributed by atoms with van der Waals surface area (Å²) >= 11 is 0. The zero-order chi connectivity index (χ0) is 14.5. The van der Waals surface area contributed by atoms with Gasteiger partial charge in [0.2, 0.25) is 0 Å². The largest absolute Gasteiger partial charge is 0.451 e. The van der Waals surface area contributed by atoms with Gasteiger partial charge in [-0.25, -0.2) is 0 Å². The zero-order valence-corrected chi connectivity index (χ0v) is 12.2. The number of fused-ring (bicyclic) bond motifs is 1. The van der Waals surface area contributed by atoms with Crippen LogP contribution in [-0.2, 0) is 4.74 Å². The zero-order valence-electron chi connectivity index (χ0n) is 12.2. The SMILES string of the molecule is Cc1c(C(=O)NCCCOC(C)C)oc2ccccc12. The Kier molecular flexibility index (Phi) is 4.79. The number of amides is 1. The van der Waals surface area contributed by atoms with Crippen LogP contribution in [0.5, 0.6) is 0 Å². The molecule has 0 aliphatic heterocycles. The Hall–Kier alpha value is -1.81. The number of nitrogens with one attached hydrogen (secondary N) is 1. The molecule has 4 heteroatoms. The monoisotopic (exact) mass is 275 g/mol. The van der Waals surface area contributed by atoms with E-state index in [0.717, 1.165) is 23.0 Å². The second kappa shape index (κ2) is 6.57. The summed E-state index contributed by atoms with van der Waals surface area (Å²) in [7, 11) is 0. The summed E-state index contributed by atoms with van der Waals surface area (Å²) in [6.07, 6.45) is 1.02. The van der Waals surface area contributed by atoms with E-state index in [-0.39, 0.29) is 12.0 Å². The number of carbonyl (C=O) groups is 1. The third kappa shape index (κ3) is 3.39.